The molecule has 0 aromatic heterocycles. The van der Waals surface area contributed by atoms with Gasteiger partial charge in [-0.3, -0.25) is 4.79 Å². The van der Waals surface area contributed by atoms with Gasteiger partial charge in [0.1, 0.15) is 5.82 Å². The molecule has 3 aromatic carbocycles. The van der Waals surface area contributed by atoms with E-state index in [4.69, 9.17) is 5.11 Å². The van der Waals surface area contributed by atoms with E-state index in [1.165, 1.54) is 23.6 Å². The molecule has 0 saturated heterocycles. The minimum atomic E-state index is -0.838. The third-order valence-electron chi connectivity index (χ3n) is 6.47. The third kappa shape index (κ3) is 10.2. The SMILES string of the molecule is CN(C[C@H](O)CNC(C)(C)CCCc1ccccc1)Sc1ccc(-c2cccc(CCC(=O)O)c2)cc1F. The molecular formula is C31H39FN2O3S. The fourth-order valence-corrected chi connectivity index (χ4v) is 5.20. The Hall–Kier alpha value is -2.71. The van der Waals surface area contributed by atoms with Crippen molar-refractivity contribution in [3.63, 3.8) is 0 Å². The standard InChI is InChI=1S/C31H39FN2O3S/c1-31(2,18-8-12-23-9-5-4-6-10-23)33-21-27(35)22-34(3)38-29-16-15-26(20-28(29)32)25-13-7-11-24(19-25)14-17-30(36)37/h4-7,9-11,13,15-16,19-20,27,33,35H,8,12,14,17-18,21-22H2,1-3H3,(H,36,37)/t27-/m1/s1. The van der Waals surface area contributed by atoms with Gasteiger partial charge in [0, 0.05) is 25.0 Å². The Balaban J connectivity index is 1.46. The highest BCUT2D eigenvalue weighted by Crippen LogP contribution is 2.29. The molecule has 0 amide bonds. The van der Waals surface area contributed by atoms with Gasteiger partial charge in [-0.2, -0.15) is 0 Å². The summed E-state index contributed by atoms with van der Waals surface area (Å²) in [5, 5.41) is 23.0. The number of nitrogens with zero attached hydrogens (tertiary/aromatic N) is 1. The molecule has 204 valence electrons. The number of carbonyl (C=O) groups is 1. The maximum Gasteiger partial charge on any atom is 0.303 e. The molecule has 0 aliphatic heterocycles. The number of rotatable bonds is 15. The second kappa shape index (κ2) is 14.4. The summed E-state index contributed by atoms with van der Waals surface area (Å²) in [4.78, 5) is 11.3. The van der Waals surface area contributed by atoms with Crippen molar-refractivity contribution in [2.75, 3.05) is 20.1 Å². The lowest BCUT2D eigenvalue weighted by Crippen LogP contribution is -2.45. The van der Waals surface area contributed by atoms with Gasteiger partial charge in [0.25, 0.3) is 0 Å². The van der Waals surface area contributed by atoms with E-state index in [1.54, 1.807) is 6.07 Å². The number of hydrogen-bond donors (Lipinski definition) is 3. The maximum atomic E-state index is 14.9. The number of carboxylic acids is 1. The largest absolute Gasteiger partial charge is 0.481 e. The zero-order valence-corrected chi connectivity index (χ0v) is 23.3. The minimum absolute atomic E-state index is 0.0624. The lowest BCUT2D eigenvalue weighted by Gasteiger charge is -2.29. The molecular weight excluding hydrogens is 499 g/mol. The van der Waals surface area contributed by atoms with Gasteiger partial charge in [-0.05, 0) is 92.9 Å². The van der Waals surface area contributed by atoms with E-state index in [1.807, 2.05) is 47.8 Å². The zero-order valence-electron chi connectivity index (χ0n) is 22.5. The number of aryl methyl sites for hydroxylation is 2. The summed E-state index contributed by atoms with van der Waals surface area (Å²) >= 11 is 1.27. The summed E-state index contributed by atoms with van der Waals surface area (Å²) < 4.78 is 16.8. The Morgan fingerprint density at radius 1 is 1.00 bits per heavy atom. The molecule has 0 unspecified atom stereocenters. The van der Waals surface area contributed by atoms with Crippen molar-refractivity contribution >= 4 is 17.9 Å². The Morgan fingerprint density at radius 2 is 1.71 bits per heavy atom. The molecule has 0 fully saturated rings. The highest BCUT2D eigenvalue weighted by atomic mass is 32.2. The summed E-state index contributed by atoms with van der Waals surface area (Å²) in [6.07, 6.45) is 3.02. The van der Waals surface area contributed by atoms with E-state index in [2.05, 4.69) is 43.4 Å². The molecule has 5 nitrogen and oxygen atoms in total. The second-order valence-corrected chi connectivity index (χ2v) is 11.6. The van der Waals surface area contributed by atoms with Crippen LogP contribution in [0.1, 0.15) is 44.2 Å². The predicted molar refractivity (Wildman–Crippen MR) is 154 cm³/mol. The van der Waals surface area contributed by atoms with Crippen LogP contribution in [-0.4, -0.2) is 52.3 Å². The second-order valence-electron chi connectivity index (χ2n) is 10.4. The summed E-state index contributed by atoms with van der Waals surface area (Å²) in [6.45, 7) is 5.16. The number of aliphatic hydroxyl groups is 1. The molecule has 0 aliphatic rings. The van der Waals surface area contributed by atoms with E-state index in [0.29, 0.717) is 24.4 Å². The lowest BCUT2D eigenvalue weighted by atomic mass is 9.95. The van der Waals surface area contributed by atoms with Gasteiger partial charge in [0.15, 0.2) is 0 Å². The van der Waals surface area contributed by atoms with Crippen LogP contribution in [0.5, 0.6) is 0 Å². The molecule has 0 aliphatic carbocycles. The number of hydrogen-bond acceptors (Lipinski definition) is 5. The number of aliphatic carboxylic acids is 1. The first-order valence-electron chi connectivity index (χ1n) is 13.1. The molecule has 3 aromatic rings. The lowest BCUT2D eigenvalue weighted by molar-refractivity contribution is -0.136. The first kappa shape index (κ1) is 29.8. The molecule has 7 heteroatoms. The number of benzene rings is 3. The topological polar surface area (TPSA) is 72.8 Å². The Bertz CT molecular complexity index is 1170. The van der Waals surface area contributed by atoms with E-state index in [9.17, 15) is 14.3 Å². The van der Waals surface area contributed by atoms with Gasteiger partial charge in [0.05, 0.1) is 11.0 Å². The molecule has 3 rings (SSSR count). The van der Waals surface area contributed by atoms with E-state index >= 15 is 0 Å². The predicted octanol–water partition coefficient (Wildman–Crippen LogP) is 6.20. The zero-order chi connectivity index (χ0) is 27.5. The van der Waals surface area contributed by atoms with Crippen molar-refractivity contribution in [2.45, 2.75) is 62.5 Å². The minimum Gasteiger partial charge on any atom is -0.481 e. The molecule has 0 saturated carbocycles. The Morgan fingerprint density at radius 3 is 2.42 bits per heavy atom. The van der Waals surface area contributed by atoms with Crippen LogP contribution in [0.25, 0.3) is 11.1 Å². The van der Waals surface area contributed by atoms with Gasteiger partial charge in [-0.25, -0.2) is 8.70 Å². The van der Waals surface area contributed by atoms with Crippen LogP contribution in [0.2, 0.25) is 0 Å². The number of likely N-dealkylation sites (N-methyl/N-ethyl adjacent to an activating group) is 1. The van der Waals surface area contributed by atoms with Crippen LogP contribution >= 0.6 is 11.9 Å². The monoisotopic (exact) mass is 538 g/mol. The van der Waals surface area contributed by atoms with Crippen LogP contribution in [0.3, 0.4) is 0 Å². The Kier molecular flexibility index (Phi) is 11.3. The summed E-state index contributed by atoms with van der Waals surface area (Å²) in [7, 11) is 1.85. The van der Waals surface area contributed by atoms with Crippen molar-refractivity contribution in [3.05, 3.63) is 89.7 Å². The van der Waals surface area contributed by atoms with Crippen molar-refractivity contribution in [1.82, 2.24) is 9.62 Å². The molecule has 0 heterocycles. The summed E-state index contributed by atoms with van der Waals surface area (Å²) in [5.41, 5.74) is 3.75. The van der Waals surface area contributed by atoms with Crippen molar-refractivity contribution in [1.29, 1.82) is 0 Å². The summed E-state index contributed by atoms with van der Waals surface area (Å²) in [6, 6.07) is 23.1. The number of carboxylic acid groups (broad SMARTS) is 1. The fraction of sp³-hybridized carbons (Fsp3) is 0.387. The van der Waals surface area contributed by atoms with Crippen LogP contribution in [0, 0.1) is 5.82 Å². The van der Waals surface area contributed by atoms with E-state index in [0.717, 1.165) is 36.0 Å². The first-order chi connectivity index (χ1) is 18.1. The van der Waals surface area contributed by atoms with Crippen molar-refractivity contribution < 1.29 is 19.4 Å². The van der Waals surface area contributed by atoms with Gasteiger partial charge < -0.3 is 15.5 Å². The van der Waals surface area contributed by atoms with Crippen LogP contribution < -0.4 is 5.32 Å². The first-order valence-corrected chi connectivity index (χ1v) is 13.9. The van der Waals surface area contributed by atoms with Crippen LogP contribution in [0.4, 0.5) is 4.39 Å². The molecule has 0 radical (unpaired) electrons. The fourth-order valence-electron chi connectivity index (χ4n) is 4.34. The van der Waals surface area contributed by atoms with Crippen molar-refractivity contribution in [3.8, 4) is 11.1 Å². The van der Waals surface area contributed by atoms with E-state index < -0.39 is 12.1 Å². The third-order valence-corrected chi connectivity index (χ3v) is 7.46. The molecule has 0 spiro atoms. The number of aliphatic hydroxyl groups excluding tert-OH is 1. The molecule has 0 bridgehead atoms. The molecule has 3 N–H and O–H groups in total. The number of halogens is 1. The normalized spacial score (nSPS) is 12.6. The van der Waals surface area contributed by atoms with Gasteiger partial charge in [-0.1, -0.05) is 60.7 Å². The van der Waals surface area contributed by atoms with Gasteiger partial charge in [-0.15, -0.1) is 0 Å². The van der Waals surface area contributed by atoms with E-state index in [-0.39, 0.29) is 17.8 Å². The molecule has 38 heavy (non-hydrogen) atoms. The smallest absolute Gasteiger partial charge is 0.303 e. The van der Waals surface area contributed by atoms with Crippen LogP contribution in [-0.2, 0) is 17.6 Å². The van der Waals surface area contributed by atoms with Crippen molar-refractivity contribution in [2.24, 2.45) is 0 Å². The van der Waals surface area contributed by atoms with Crippen LogP contribution in [0.15, 0.2) is 77.7 Å². The van der Waals surface area contributed by atoms with Gasteiger partial charge in [0.2, 0.25) is 0 Å². The summed E-state index contributed by atoms with van der Waals surface area (Å²) in [5.74, 6) is -1.17. The number of β-amino-alcohol motifs (C(OH)–C–C–N with tert-alkyl or cyclic N) is 1. The maximum absolute atomic E-state index is 14.9. The highest BCUT2D eigenvalue weighted by Gasteiger charge is 2.19. The number of nitrogens with one attached hydrogen (secondary N) is 1. The average Bonchev–Trinajstić information content (AvgIpc) is 2.88. The Labute approximate surface area is 230 Å². The highest BCUT2D eigenvalue weighted by molar-refractivity contribution is 7.97. The molecule has 1 atom stereocenters. The average molecular weight is 539 g/mol. The quantitative estimate of drug-likeness (QED) is 0.200. The van der Waals surface area contributed by atoms with Gasteiger partial charge >= 0.3 is 5.97 Å².